The molecule has 3 nitrogen and oxygen atoms in total. The van der Waals surface area contributed by atoms with E-state index in [1.807, 2.05) is 18.2 Å². The average Bonchev–Trinajstić information content (AvgIpc) is 2.31. The number of ether oxygens (including phenoxy) is 1. The van der Waals surface area contributed by atoms with E-state index < -0.39 is 0 Å². The molecule has 0 heterocycles. The maximum atomic E-state index is 6.34. The minimum Gasteiger partial charge on any atom is -0.497 e. The molecule has 1 atom stereocenters. The van der Waals surface area contributed by atoms with Crippen molar-refractivity contribution in [3.63, 3.8) is 0 Å². The van der Waals surface area contributed by atoms with Crippen LogP contribution in [0.15, 0.2) is 22.7 Å². The van der Waals surface area contributed by atoms with Gasteiger partial charge in [0, 0.05) is 16.1 Å². The monoisotopic (exact) mass is 314 g/mol. The molecule has 0 aliphatic carbocycles. The third-order valence-corrected chi connectivity index (χ3v) is 4.53. The fourth-order valence-electron chi connectivity index (χ4n) is 1.65. The molecule has 2 N–H and O–H groups in total. The highest BCUT2D eigenvalue weighted by Crippen LogP contribution is 2.26. The van der Waals surface area contributed by atoms with Crippen molar-refractivity contribution < 1.29 is 4.74 Å². The van der Waals surface area contributed by atoms with E-state index in [1.165, 1.54) is 5.56 Å². The van der Waals surface area contributed by atoms with Crippen LogP contribution in [0.3, 0.4) is 0 Å². The van der Waals surface area contributed by atoms with E-state index in [0.717, 1.165) is 16.6 Å². The van der Waals surface area contributed by atoms with E-state index in [4.69, 9.17) is 10.5 Å². The summed E-state index contributed by atoms with van der Waals surface area (Å²) in [5, 5.41) is 0. The van der Waals surface area contributed by atoms with Crippen LogP contribution in [0.5, 0.6) is 5.75 Å². The Kier molecular flexibility index (Phi) is 5.20. The summed E-state index contributed by atoms with van der Waals surface area (Å²) in [5.74, 6) is 0.864. The predicted octanol–water partition coefficient (Wildman–Crippen LogP) is 2.67. The van der Waals surface area contributed by atoms with Crippen LogP contribution in [0.1, 0.15) is 19.4 Å². The van der Waals surface area contributed by atoms with E-state index in [0.29, 0.717) is 0 Å². The van der Waals surface area contributed by atoms with Gasteiger partial charge in [0.15, 0.2) is 0 Å². The second kappa shape index (κ2) is 6.04. The van der Waals surface area contributed by atoms with Crippen molar-refractivity contribution in [3.05, 3.63) is 28.2 Å². The summed E-state index contributed by atoms with van der Waals surface area (Å²) in [6.45, 7) is 4.32. The van der Waals surface area contributed by atoms with Gasteiger partial charge >= 0.3 is 0 Å². The third kappa shape index (κ3) is 3.46. The number of benzene rings is 1. The lowest BCUT2D eigenvalue weighted by molar-refractivity contribution is 0.157. The van der Waals surface area contributed by atoms with Crippen LogP contribution in [-0.4, -0.2) is 37.7 Å². The molecular formula is C14H23BrN2O. The molecule has 0 spiro atoms. The van der Waals surface area contributed by atoms with Gasteiger partial charge in [-0.3, -0.25) is 0 Å². The van der Waals surface area contributed by atoms with Crippen molar-refractivity contribution in [2.45, 2.75) is 31.8 Å². The zero-order valence-electron chi connectivity index (χ0n) is 11.8. The van der Waals surface area contributed by atoms with Crippen molar-refractivity contribution in [1.82, 2.24) is 4.90 Å². The Morgan fingerprint density at radius 1 is 1.39 bits per heavy atom. The quantitative estimate of drug-likeness (QED) is 0.908. The second-order valence-electron chi connectivity index (χ2n) is 5.32. The minimum absolute atomic E-state index is 0.0518. The Morgan fingerprint density at radius 3 is 2.50 bits per heavy atom. The third-order valence-electron chi connectivity index (χ3n) is 3.75. The van der Waals surface area contributed by atoms with Crippen molar-refractivity contribution in [3.8, 4) is 5.75 Å². The standard InChI is InChI=1S/C14H23BrN2O/c1-14(2,17(3)4)13(16)9-10-8-11(18-5)6-7-12(10)15/h6-8,13H,9,16H2,1-5H3. The second-order valence-corrected chi connectivity index (χ2v) is 6.17. The number of nitrogens with zero attached hydrogens (tertiary/aromatic N) is 1. The van der Waals surface area contributed by atoms with Crippen LogP contribution in [-0.2, 0) is 6.42 Å². The lowest BCUT2D eigenvalue weighted by Gasteiger charge is -2.38. The maximum Gasteiger partial charge on any atom is 0.119 e. The Hall–Kier alpha value is -0.580. The average molecular weight is 315 g/mol. The molecule has 0 fully saturated rings. The molecule has 0 amide bonds. The fourth-order valence-corrected chi connectivity index (χ4v) is 2.06. The number of methoxy groups -OCH3 is 1. The van der Waals surface area contributed by atoms with Gasteiger partial charge in [0.05, 0.1) is 7.11 Å². The van der Waals surface area contributed by atoms with Gasteiger partial charge in [-0.25, -0.2) is 0 Å². The van der Waals surface area contributed by atoms with Crippen molar-refractivity contribution in [1.29, 1.82) is 0 Å². The number of halogens is 1. The highest BCUT2D eigenvalue weighted by molar-refractivity contribution is 9.10. The zero-order chi connectivity index (χ0) is 13.9. The van der Waals surface area contributed by atoms with Crippen LogP contribution < -0.4 is 10.5 Å². The summed E-state index contributed by atoms with van der Waals surface area (Å²) in [6.07, 6.45) is 0.808. The number of hydrogen-bond donors (Lipinski definition) is 1. The molecule has 1 rings (SSSR count). The lowest BCUT2D eigenvalue weighted by atomic mass is 9.89. The smallest absolute Gasteiger partial charge is 0.119 e. The molecule has 0 aliphatic heterocycles. The molecule has 18 heavy (non-hydrogen) atoms. The minimum atomic E-state index is -0.0531. The Bertz CT molecular complexity index is 405. The molecule has 0 bridgehead atoms. The Morgan fingerprint density at radius 2 is 2.00 bits per heavy atom. The molecule has 0 saturated heterocycles. The predicted molar refractivity (Wildman–Crippen MR) is 80.1 cm³/mol. The molecule has 1 unspecified atom stereocenters. The van der Waals surface area contributed by atoms with Gasteiger partial charge in [-0.1, -0.05) is 15.9 Å². The molecule has 0 aliphatic rings. The van der Waals surface area contributed by atoms with Gasteiger partial charge in [-0.2, -0.15) is 0 Å². The highest BCUT2D eigenvalue weighted by atomic mass is 79.9. The molecule has 1 aromatic carbocycles. The first-order chi connectivity index (χ1) is 8.28. The van der Waals surface area contributed by atoms with Crippen LogP contribution in [0, 0.1) is 0 Å². The number of likely N-dealkylation sites (N-methyl/N-ethyl adjacent to an activating group) is 1. The first-order valence-corrected chi connectivity index (χ1v) is 6.83. The van der Waals surface area contributed by atoms with Gasteiger partial charge in [-0.05, 0) is 58.1 Å². The molecule has 0 radical (unpaired) electrons. The van der Waals surface area contributed by atoms with E-state index >= 15 is 0 Å². The van der Waals surface area contributed by atoms with Gasteiger partial charge < -0.3 is 15.4 Å². The molecule has 0 aromatic heterocycles. The van der Waals surface area contributed by atoms with Crippen molar-refractivity contribution in [2.24, 2.45) is 5.73 Å². The summed E-state index contributed by atoms with van der Waals surface area (Å²) < 4.78 is 6.33. The van der Waals surface area contributed by atoms with Crippen LogP contribution >= 0.6 is 15.9 Å². The summed E-state index contributed by atoms with van der Waals surface area (Å²) in [7, 11) is 5.79. The maximum absolute atomic E-state index is 6.34. The SMILES string of the molecule is COc1ccc(Br)c(CC(N)C(C)(C)N(C)C)c1. The zero-order valence-corrected chi connectivity index (χ0v) is 13.4. The largest absolute Gasteiger partial charge is 0.497 e. The number of hydrogen-bond acceptors (Lipinski definition) is 3. The summed E-state index contributed by atoms with van der Waals surface area (Å²) in [4.78, 5) is 2.16. The topological polar surface area (TPSA) is 38.5 Å². The molecule has 0 saturated carbocycles. The first kappa shape index (κ1) is 15.5. The van der Waals surface area contributed by atoms with Crippen LogP contribution in [0.2, 0.25) is 0 Å². The normalized spacial score (nSPS) is 13.8. The van der Waals surface area contributed by atoms with E-state index in [2.05, 4.69) is 48.8 Å². The fraction of sp³-hybridized carbons (Fsp3) is 0.571. The summed E-state index contributed by atoms with van der Waals surface area (Å²) in [6, 6.07) is 6.03. The number of rotatable bonds is 5. The van der Waals surface area contributed by atoms with Crippen molar-refractivity contribution in [2.75, 3.05) is 21.2 Å². The highest BCUT2D eigenvalue weighted by Gasteiger charge is 2.29. The van der Waals surface area contributed by atoms with Crippen molar-refractivity contribution >= 4 is 15.9 Å². The van der Waals surface area contributed by atoms with Gasteiger partial charge in [0.25, 0.3) is 0 Å². The Labute approximate surface area is 118 Å². The van der Waals surface area contributed by atoms with E-state index in [-0.39, 0.29) is 11.6 Å². The summed E-state index contributed by atoms with van der Waals surface area (Å²) >= 11 is 3.57. The molecule has 4 heteroatoms. The van der Waals surface area contributed by atoms with Crippen LogP contribution in [0.4, 0.5) is 0 Å². The Balaban J connectivity index is 2.90. The summed E-state index contributed by atoms with van der Waals surface area (Å²) in [5.41, 5.74) is 7.47. The molecular weight excluding hydrogens is 292 g/mol. The molecule has 102 valence electrons. The first-order valence-electron chi connectivity index (χ1n) is 6.04. The van der Waals surface area contributed by atoms with Gasteiger partial charge in [-0.15, -0.1) is 0 Å². The van der Waals surface area contributed by atoms with Crippen LogP contribution in [0.25, 0.3) is 0 Å². The van der Waals surface area contributed by atoms with Gasteiger partial charge in [0.1, 0.15) is 5.75 Å². The lowest BCUT2D eigenvalue weighted by Crippen LogP contribution is -2.54. The van der Waals surface area contributed by atoms with E-state index in [9.17, 15) is 0 Å². The molecule has 1 aromatic rings. The van der Waals surface area contributed by atoms with Gasteiger partial charge in [0.2, 0.25) is 0 Å². The van der Waals surface area contributed by atoms with E-state index in [1.54, 1.807) is 7.11 Å². The number of nitrogens with two attached hydrogens (primary N) is 1.